The van der Waals surface area contributed by atoms with E-state index in [0.717, 1.165) is 12.8 Å². The van der Waals surface area contributed by atoms with Crippen LogP contribution in [0.3, 0.4) is 0 Å². The fourth-order valence-electron chi connectivity index (χ4n) is 9.64. The van der Waals surface area contributed by atoms with Crippen molar-refractivity contribution in [3.63, 3.8) is 0 Å². The number of rotatable bonds is 8. The second-order valence-corrected chi connectivity index (χ2v) is 17.2. The minimum atomic E-state index is 0. The molecular formula is C54H70Cl2SiZr-4. The second-order valence-electron chi connectivity index (χ2n) is 17.2. The molecule has 58 heavy (non-hydrogen) atoms. The van der Waals surface area contributed by atoms with Gasteiger partial charge in [-0.25, -0.2) is 0 Å². The van der Waals surface area contributed by atoms with E-state index in [4.69, 9.17) is 0 Å². The summed E-state index contributed by atoms with van der Waals surface area (Å²) >= 11 is 1.36. The van der Waals surface area contributed by atoms with E-state index >= 15 is 0 Å². The minimum absolute atomic E-state index is 0. The van der Waals surface area contributed by atoms with Crippen molar-refractivity contribution in [1.82, 2.24) is 0 Å². The van der Waals surface area contributed by atoms with E-state index in [1.165, 1.54) is 179 Å². The molecule has 0 spiro atoms. The van der Waals surface area contributed by atoms with E-state index in [9.17, 15) is 0 Å². The van der Waals surface area contributed by atoms with Crippen LogP contribution in [0.25, 0.3) is 43.8 Å². The molecule has 0 saturated heterocycles. The molecule has 2 radical (unpaired) electrons. The van der Waals surface area contributed by atoms with Crippen molar-refractivity contribution in [2.45, 2.75) is 130 Å². The quantitative estimate of drug-likeness (QED) is 0.0811. The Morgan fingerprint density at radius 2 is 0.828 bits per heavy atom. The summed E-state index contributed by atoms with van der Waals surface area (Å²) in [6.45, 7) is 12.5. The third-order valence-corrected chi connectivity index (χ3v) is 12.9. The van der Waals surface area contributed by atoms with Gasteiger partial charge in [0.05, 0.1) is 0 Å². The summed E-state index contributed by atoms with van der Waals surface area (Å²) in [5, 5.41) is 5.64. The summed E-state index contributed by atoms with van der Waals surface area (Å²) in [5.74, 6) is 0. The molecule has 0 nitrogen and oxygen atoms in total. The first-order valence-corrected chi connectivity index (χ1v) is 25.3. The molecule has 0 unspecified atom stereocenters. The van der Waals surface area contributed by atoms with Crippen molar-refractivity contribution < 1.29 is 23.3 Å². The van der Waals surface area contributed by atoms with Gasteiger partial charge in [0.2, 0.25) is 0 Å². The Balaban J connectivity index is 0.000000360. The first-order valence-electron chi connectivity index (χ1n) is 21.1. The Hall–Kier alpha value is -2.22. The first kappa shape index (κ1) is 51.9. The third-order valence-electron chi connectivity index (χ3n) is 12.9. The Morgan fingerprint density at radius 1 is 0.500 bits per heavy atom. The van der Waals surface area contributed by atoms with Crippen molar-refractivity contribution >= 4 is 53.2 Å². The van der Waals surface area contributed by atoms with Crippen LogP contribution in [0.1, 0.15) is 127 Å². The molecule has 0 amide bonds. The van der Waals surface area contributed by atoms with Crippen molar-refractivity contribution in [1.29, 1.82) is 0 Å². The first-order chi connectivity index (χ1) is 26.3. The van der Waals surface area contributed by atoms with Gasteiger partial charge in [0.1, 0.15) is 0 Å². The Bertz CT molecular complexity index is 1900. The van der Waals surface area contributed by atoms with E-state index in [1.54, 1.807) is 0 Å². The summed E-state index contributed by atoms with van der Waals surface area (Å²) < 4.78 is 0. The number of aryl methyl sites for hydroxylation is 2. The molecule has 2 aliphatic rings. The summed E-state index contributed by atoms with van der Waals surface area (Å²) in [7, 11) is 0. The second kappa shape index (κ2) is 24.9. The van der Waals surface area contributed by atoms with E-state index in [0.29, 0.717) is 10.8 Å². The van der Waals surface area contributed by atoms with Crippen molar-refractivity contribution in [2.75, 3.05) is 0 Å². The van der Waals surface area contributed by atoms with Gasteiger partial charge >= 0.3 is 30.2 Å². The average Bonchev–Trinajstić information content (AvgIpc) is 3.65. The zero-order valence-electron chi connectivity index (χ0n) is 36.5. The van der Waals surface area contributed by atoms with Crippen molar-refractivity contribution in [3.8, 4) is 22.3 Å². The number of hydrogen-bond acceptors (Lipinski definition) is 0. The summed E-state index contributed by atoms with van der Waals surface area (Å²) in [6, 6.07) is 41.6. The molecule has 2 aliphatic carbocycles. The van der Waals surface area contributed by atoms with Crippen LogP contribution in [-0.4, -0.2) is 6.88 Å². The number of halogens is 2. The van der Waals surface area contributed by atoms with Gasteiger partial charge in [-0.3, -0.25) is 0 Å². The average molecular weight is 909 g/mol. The van der Waals surface area contributed by atoms with Crippen LogP contribution in [0.15, 0.2) is 109 Å². The molecule has 2 saturated carbocycles. The maximum absolute atomic E-state index is 3.06. The molecule has 0 N–H and O–H groups in total. The Kier molecular flexibility index (Phi) is 22.3. The van der Waals surface area contributed by atoms with Gasteiger partial charge in [0, 0.05) is 0 Å². The summed E-state index contributed by atoms with van der Waals surface area (Å²) in [5.41, 5.74) is 12.3. The van der Waals surface area contributed by atoms with Crippen LogP contribution >= 0.6 is 24.8 Å². The molecular weight excluding hydrogens is 839 g/mol. The predicted molar refractivity (Wildman–Crippen MR) is 261 cm³/mol. The van der Waals surface area contributed by atoms with Crippen LogP contribution in [0.2, 0.25) is 0 Å². The fraction of sp³-hybridized carbons (Fsp3) is 0.407. The molecule has 8 rings (SSSR count). The van der Waals surface area contributed by atoms with Crippen LogP contribution in [0.5, 0.6) is 0 Å². The van der Waals surface area contributed by atoms with Gasteiger partial charge in [0.15, 0.2) is 0 Å². The molecule has 6 aromatic carbocycles. The van der Waals surface area contributed by atoms with Crippen LogP contribution < -0.4 is 0 Å². The van der Waals surface area contributed by atoms with Gasteiger partial charge in [0.25, 0.3) is 0 Å². The normalized spacial score (nSPS) is 15.6. The van der Waals surface area contributed by atoms with Crippen LogP contribution in [-0.2, 0) is 49.0 Å². The molecule has 312 valence electrons. The van der Waals surface area contributed by atoms with Gasteiger partial charge in [-0.1, -0.05) is 151 Å². The third kappa shape index (κ3) is 13.4. The molecule has 0 heterocycles. The molecule has 0 bridgehead atoms. The number of hydrogen-bond donors (Lipinski definition) is 0. The van der Waals surface area contributed by atoms with E-state index in [2.05, 4.69) is 144 Å². The topological polar surface area (TPSA) is 0 Å². The van der Waals surface area contributed by atoms with E-state index < -0.39 is 0 Å². The zero-order chi connectivity index (χ0) is 38.0. The monoisotopic (exact) mass is 906 g/mol. The Labute approximate surface area is 383 Å². The molecule has 0 aromatic heterocycles. The predicted octanol–water partition coefficient (Wildman–Crippen LogP) is 16.7. The molecule has 0 aliphatic heterocycles. The molecule has 0 atom stereocenters. The SMILES string of the molecule is CCc1ccc(-c2cccc3[cH-]c(CC4(C)CCCCCC4)cc23)cc1.CCc1ccc(-c2cccc3[cH-]c(CC4(C)CCCCCC4)cc23)cc1.Cl.Cl.[CH3-].[CH3-].[Si]=[Zr]. The fourth-order valence-corrected chi connectivity index (χ4v) is 9.64. The molecule has 2 fully saturated rings. The standard InChI is InChI=1S/2C26H31.2CH3.2ClH.Si.Zr/c2*1-3-20-11-13-22(14-12-20)24-10-8-9-23-17-21(18-25(23)24)19-26(2)15-6-4-5-7-16-26;;;;;;/h2*8-14,17-18H,3-7,15-16,19H2,1-2H3;2*1H3;2*1H;;/q4*-1;;;;. The summed E-state index contributed by atoms with van der Waals surface area (Å²) in [6.07, 6.45) is 21.6. The van der Waals surface area contributed by atoms with Crippen LogP contribution in [0.4, 0.5) is 0 Å². The van der Waals surface area contributed by atoms with Crippen molar-refractivity contribution in [3.05, 3.63) is 146 Å². The zero-order valence-corrected chi connectivity index (χ0v) is 41.6. The van der Waals surface area contributed by atoms with E-state index in [1.807, 2.05) is 0 Å². The molecule has 6 aromatic rings. The van der Waals surface area contributed by atoms with Gasteiger partial charge in [-0.2, -0.15) is 12.1 Å². The van der Waals surface area contributed by atoms with Gasteiger partial charge in [-0.05, 0) is 84.5 Å². The van der Waals surface area contributed by atoms with Gasteiger partial charge < -0.3 is 14.9 Å². The number of benzene rings is 4. The van der Waals surface area contributed by atoms with Gasteiger partial charge in [-0.15, -0.1) is 93.9 Å². The Morgan fingerprint density at radius 3 is 1.14 bits per heavy atom. The van der Waals surface area contributed by atoms with Crippen LogP contribution in [0, 0.1) is 25.7 Å². The number of fused-ring (bicyclic) bond motifs is 2. The summed E-state index contributed by atoms with van der Waals surface area (Å²) in [4.78, 5) is 0. The maximum atomic E-state index is 3.06. The van der Waals surface area contributed by atoms with Crippen molar-refractivity contribution in [2.24, 2.45) is 10.8 Å². The van der Waals surface area contributed by atoms with E-state index in [-0.39, 0.29) is 39.7 Å². The molecule has 4 heteroatoms.